The number of hydrogen-bond acceptors (Lipinski definition) is 3. The van der Waals surface area contributed by atoms with Crippen LogP contribution in [0.5, 0.6) is 0 Å². The zero-order valence-corrected chi connectivity index (χ0v) is 13.5. The molecule has 5 nitrogen and oxygen atoms in total. The van der Waals surface area contributed by atoms with E-state index in [1.54, 1.807) is 0 Å². The number of nitrogens with zero attached hydrogens (tertiary/aromatic N) is 2. The van der Waals surface area contributed by atoms with E-state index < -0.39 is 28.7 Å². The normalized spacial score (nSPS) is 12.3. The molecule has 0 heterocycles. The molecule has 0 radical (unpaired) electrons. The Labute approximate surface area is 133 Å². The molecule has 0 fully saturated rings. The summed E-state index contributed by atoms with van der Waals surface area (Å²) in [5.74, 6) is -0.918. The monoisotopic (exact) mass is 350 g/mol. The van der Waals surface area contributed by atoms with Gasteiger partial charge in [-0.25, -0.2) is 12.7 Å². The molecule has 1 rings (SSSR count). The van der Waals surface area contributed by atoms with Gasteiger partial charge in [0.2, 0.25) is 10.0 Å². The van der Waals surface area contributed by atoms with Crippen molar-refractivity contribution in [3.63, 3.8) is 0 Å². The molecule has 1 aromatic rings. The van der Waals surface area contributed by atoms with Gasteiger partial charge in [-0.1, -0.05) is 12.1 Å². The molecule has 0 unspecified atom stereocenters. The molecule has 1 amide bonds. The second kappa shape index (κ2) is 7.14. The minimum absolute atomic E-state index is 0.140. The van der Waals surface area contributed by atoms with Crippen LogP contribution in [0.1, 0.15) is 10.4 Å². The van der Waals surface area contributed by atoms with Crippen LogP contribution in [0.15, 0.2) is 41.8 Å². The van der Waals surface area contributed by atoms with Crippen LogP contribution in [-0.2, 0) is 10.0 Å². The Morgan fingerprint density at radius 2 is 1.91 bits per heavy atom. The maximum atomic E-state index is 12.5. The maximum Gasteiger partial charge on any atom is 0.406 e. The van der Waals surface area contributed by atoms with Crippen molar-refractivity contribution in [2.45, 2.75) is 11.1 Å². The average molecular weight is 350 g/mol. The highest BCUT2D eigenvalue weighted by atomic mass is 32.2. The Morgan fingerprint density at radius 1 is 1.30 bits per heavy atom. The van der Waals surface area contributed by atoms with Crippen LogP contribution in [0.25, 0.3) is 0 Å². The summed E-state index contributed by atoms with van der Waals surface area (Å²) >= 11 is 0. The van der Waals surface area contributed by atoms with E-state index in [1.165, 1.54) is 38.4 Å². The number of sulfonamides is 1. The van der Waals surface area contributed by atoms with Crippen molar-refractivity contribution in [1.29, 1.82) is 0 Å². The van der Waals surface area contributed by atoms with Crippen LogP contribution < -0.4 is 0 Å². The summed E-state index contributed by atoms with van der Waals surface area (Å²) < 4.78 is 62.7. The summed E-state index contributed by atoms with van der Waals surface area (Å²) in [6.07, 6.45) is -3.39. The lowest BCUT2D eigenvalue weighted by Crippen LogP contribution is -2.39. The van der Waals surface area contributed by atoms with Crippen LogP contribution in [0.4, 0.5) is 13.2 Å². The SMILES string of the molecule is C=CCN(CC(F)(F)F)C(=O)c1cccc(S(=O)(=O)N(C)C)c1. The first-order chi connectivity index (χ1) is 10.5. The van der Waals surface area contributed by atoms with Crippen molar-refractivity contribution in [3.05, 3.63) is 42.5 Å². The second-order valence-corrected chi connectivity index (χ2v) is 7.06. The fourth-order valence-corrected chi connectivity index (χ4v) is 2.72. The van der Waals surface area contributed by atoms with Gasteiger partial charge in [-0.2, -0.15) is 13.2 Å². The number of carbonyl (C=O) groups is 1. The molecule has 128 valence electrons. The smallest absolute Gasteiger partial charge is 0.326 e. The maximum absolute atomic E-state index is 12.5. The van der Waals surface area contributed by atoms with Gasteiger partial charge < -0.3 is 4.90 Å². The fourth-order valence-electron chi connectivity index (χ4n) is 1.77. The van der Waals surface area contributed by atoms with Gasteiger partial charge in [-0.3, -0.25) is 4.79 Å². The average Bonchev–Trinajstić information content (AvgIpc) is 2.44. The standard InChI is InChI=1S/C14H17F3N2O3S/c1-4-8-19(10-14(15,16)17)13(20)11-6-5-7-12(9-11)23(21,22)18(2)3/h4-7,9H,1,8,10H2,2-3H3. The predicted octanol–water partition coefficient (Wildman–Crippen LogP) is 2.13. The number of amides is 1. The lowest BCUT2D eigenvalue weighted by atomic mass is 10.2. The van der Waals surface area contributed by atoms with Gasteiger partial charge in [0.1, 0.15) is 6.54 Å². The van der Waals surface area contributed by atoms with Gasteiger partial charge in [0.05, 0.1) is 4.90 Å². The summed E-state index contributed by atoms with van der Waals surface area (Å²) in [5, 5.41) is 0. The van der Waals surface area contributed by atoms with E-state index in [-0.39, 0.29) is 17.0 Å². The van der Waals surface area contributed by atoms with Crippen molar-refractivity contribution < 1.29 is 26.4 Å². The highest BCUT2D eigenvalue weighted by molar-refractivity contribution is 7.89. The molecule has 0 saturated carbocycles. The van der Waals surface area contributed by atoms with Gasteiger partial charge >= 0.3 is 6.18 Å². The lowest BCUT2D eigenvalue weighted by molar-refractivity contribution is -0.139. The molecule has 0 aliphatic rings. The molecule has 0 spiro atoms. The molecular formula is C14H17F3N2O3S. The van der Waals surface area contributed by atoms with E-state index in [4.69, 9.17) is 0 Å². The minimum Gasteiger partial charge on any atom is -0.326 e. The quantitative estimate of drug-likeness (QED) is 0.739. The zero-order valence-electron chi connectivity index (χ0n) is 12.7. The molecule has 0 aliphatic carbocycles. The molecule has 0 atom stereocenters. The number of alkyl halides is 3. The molecule has 0 aliphatic heterocycles. The number of carbonyl (C=O) groups excluding carboxylic acids is 1. The number of benzene rings is 1. The molecule has 23 heavy (non-hydrogen) atoms. The third kappa shape index (κ3) is 5.07. The molecule has 0 saturated heterocycles. The number of hydrogen-bond donors (Lipinski definition) is 0. The fraction of sp³-hybridized carbons (Fsp3) is 0.357. The highest BCUT2D eigenvalue weighted by Crippen LogP contribution is 2.20. The van der Waals surface area contributed by atoms with Crippen molar-refractivity contribution in [1.82, 2.24) is 9.21 Å². The van der Waals surface area contributed by atoms with E-state index in [2.05, 4.69) is 6.58 Å². The van der Waals surface area contributed by atoms with E-state index in [0.29, 0.717) is 4.90 Å². The van der Waals surface area contributed by atoms with Crippen molar-refractivity contribution in [3.8, 4) is 0 Å². The topological polar surface area (TPSA) is 57.7 Å². The van der Waals surface area contributed by atoms with E-state index in [0.717, 1.165) is 10.4 Å². The van der Waals surface area contributed by atoms with Crippen molar-refractivity contribution in [2.75, 3.05) is 27.2 Å². The second-order valence-electron chi connectivity index (χ2n) is 4.90. The van der Waals surface area contributed by atoms with Crippen LogP contribution >= 0.6 is 0 Å². The van der Waals surface area contributed by atoms with Crippen molar-refractivity contribution >= 4 is 15.9 Å². The van der Waals surface area contributed by atoms with E-state index >= 15 is 0 Å². The lowest BCUT2D eigenvalue weighted by Gasteiger charge is -2.23. The first-order valence-corrected chi connectivity index (χ1v) is 7.92. The Kier molecular flexibility index (Phi) is 5.95. The van der Waals surface area contributed by atoms with Gasteiger partial charge in [0, 0.05) is 26.2 Å². The first-order valence-electron chi connectivity index (χ1n) is 6.48. The number of rotatable bonds is 6. The van der Waals surface area contributed by atoms with Gasteiger partial charge in [0.15, 0.2) is 0 Å². The largest absolute Gasteiger partial charge is 0.406 e. The zero-order chi connectivity index (χ0) is 17.8. The van der Waals surface area contributed by atoms with Gasteiger partial charge in [0.25, 0.3) is 5.91 Å². The minimum atomic E-state index is -4.56. The Morgan fingerprint density at radius 3 is 2.39 bits per heavy atom. The van der Waals surface area contributed by atoms with E-state index in [1.807, 2.05) is 0 Å². The summed E-state index contributed by atoms with van der Waals surface area (Å²) in [6.45, 7) is 1.58. The summed E-state index contributed by atoms with van der Waals surface area (Å²) in [6, 6.07) is 4.91. The van der Waals surface area contributed by atoms with Gasteiger partial charge in [-0.15, -0.1) is 6.58 Å². The molecule has 0 N–H and O–H groups in total. The predicted molar refractivity (Wildman–Crippen MR) is 79.5 cm³/mol. The number of halogens is 3. The summed E-state index contributed by atoms with van der Waals surface area (Å²) in [4.78, 5) is 12.6. The summed E-state index contributed by atoms with van der Waals surface area (Å²) in [5.41, 5.74) is -0.140. The van der Waals surface area contributed by atoms with Crippen LogP contribution in [-0.4, -0.2) is 56.9 Å². The van der Waals surface area contributed by atoms with Crippen LogP contribution in [0.2, 0.25) is 0 Å². The molecule has 9 heteroatoms. The molecule has 1 aromatic carbocycles. The van der Waals surface area contributed by atoms with Crippen LogP contribution in [0.3, 0.4) is 0 Å². The Balaban J connectivity index is 3.19. The summed E-state index contributed by atoms with van der Waals surface area (Å²) in [7, 11) is -1.15. The van der Waals surface area contributed by atoms with Crippen LogP contribution in [0, 0.1) is 0 Å². The third-order valence-electron chi connectivity index (χ3n) is 2.87. The molecular weight excluding hydrogens is 333 g/mol. The highest BCUT2D eigenvalue weighted by Gasteiger charge is 2.33. The molecule has 0 aromatic heterocycles. The Bertz CT molecular complexity index is 685. The molecule has 0 bridgehead atoms. The van der Waals surface area contributed by atoms with Crippen molar-refractivity contribution in [2.24, 2.45) is 0 Å². The van der Waals surface area contributed by atoms with E-state index in [9.17, 15) is 26.4 Å². The Hall–Kier alpha value is -1.87. The first kappa shape index (κ1) is 19.2. The third-order valence-corrected chi connectivity index (χ3v) is 4.68. The van der Waals surface area contributed by atoms with Gasteiger partial charge in [-0.05, 0) is 18.2 Å².